The summed E-state index contributed by atoms with van der Waals surface area (Å²) in [6.07, 6.45) is 0.479. The Hall–Kier alpha value is -2.08. The van der Waals surface area contributed by atoms with Crippen LogP contribution in [0, 0.1) is 0 Å². The average Bonchev–Trinajstić information content (AvgIpc) is 2.57. The number of carbonyl (C=O) groups is 1. The van der Waals surface area contributed by atoms with Gasteiger partial charge in [0, 0.05) is 38.2 Å². The molecule has 1 aromatic carbocycles. The zero-order chi connectivity index (χ0) is 17.6. The lowest BCUT2D eigenvalue weighted by Crippen LogP contribution is -2.42. The molecule has 1 aliphatic rings. The van der Waals surface area contributed by atoms with Crippen LogP contribution < -0.4 is 16.0 Å². The number of hydrogen-bond acceptors (Lipinski definition) is 3. The van der Waals surface area contributed by atoms with Crippen molar-refractivity contribution < 1.29 is 9.53 Å². The molecule has 0 aromatic heterocycles. The van der Waals surface area contributed by atoms with E-state index in [1.807, 2.05) is 39.0 Å². The standard InChI is InChI=1S/C18H28N4O2/c1-5-19-17(21-12-18(2,3)24-4)20-11-13-10-16(23)22-15-9-7-6-8-14(13)15/h6-9,13H,5,10-12H2,1-4H3,(H,22,23)(H2,19,20,21). The summed E-state index contributed by atoms with van der Waals surface area (Å²) in [4.78, 5) is 16.5. The van der Waals surface area contributed by atoms with Gasteiger partial charge in [-0.1, -0.05) is 18.2 Å². The number of para-hydroxylation sites is 1. The summed E-state index contributed by atoms with van der Waals surface area (Å²) in [6.45, 7) is 8.02. The zero-order valence-electron chi connectivity index (χ0n) is 15.0. The summed E-state index contributed by atoms with van der Waals surface area (Å²) in [6, 6.07) is 7.95. The highest BCUT2D eigenvalue weighted by Gasteiger charge is 2.25. The minimum Gasteiger partial charge on any atom is -0.377 e. The SMILES string of the molecule is CCNC(=NCC(C)(C)OC)NCC1CC(=O)Nc2ccccc21. The smallest absolute Gasteiger partial charge is 0.225 e. The number of nitrogens with zero attached hydrogens (tertiary/aromatic N) is 1. The van der Waals surface area contributed by atoms with Crippen molar-refractivity contribution in [3.63, 3.8) is 0 Å². The molecule has 6 heteroatoms. The number of carbonyl (C=O) groups excluding carboxylic acids is 1. The van der Waals surface area contributed by atoms with E-state index in [1.165, 1.54) is 0 Å². The molecule has 0 spiro atoms. The van der Waals surface area contributed by atoms with Gasteiger partial charge in [0.15, 0.2) is 5.96 Å². The number of amides is 1. The van der Waals surface area contributed by atoms with E-state index in [9.17, 15) is 4.79 Å². The van der Waals surface area contributed by atoms with Crippen molar-refractivity contribution in [2.24, 2.45) is 4.99 Å². The van der Waals surface area contributed by atoms with E-state index >= 15 is 0 Å². The van der Waals surface area contributed by atoms with Gasteiger partial charge in [-0.25, -0.2) is 0 Å². The highest BCUT2D eigenvalue weighted by atomic mass is 16.5. The third-order valence-corrected chi connectivity index (χ3v) is 4.14. The lowest BCUT2D eigenvalue weighted by molar-refractivity contribution is -0.116. The Morgan fingerprint density at radius 1 is 1.38 bits per heavy atom. The van der Waals surface area contributed by atoms with E-state index < -0.39 is 0 Å². The molecule has 6 nitrogen and oxygen atoms in total. The first-order valence-corrected chi connectivity index (χ1v) is 8.41. The Balaban J connectivity index is 2.04. The number of ether oxygens (including phenoxy) is 1. The number of fused-ring (bicyclic) bond motifs is 1. The Morgan fingerprint density at radius 3 is 2.83 bits per heavy atom. The lowest BCUT2D eigenvalue weighted by Gasteiger charge is -2.26. The molecular weight excluding hydrogens is 304 g/mol. The number of nitrogens with one attached hydrogen (secondary N) is 3. The summed E-state index contributed by atoms with van der Waals surface area (Å²) in [5.74, 6) is 0.934. The molecule has 1 aromatic rings. The third kappa shape index (κ3) is 4.96. The van der Waals surface area contributed by atoms with E-state index in [0.717, 1.165) is 23.8 Å². The van der Waals surface area contributed by atoms with Crippen LogP contribution in [-0.2, 0) is 9.53 Å². The maximum Gasteiger partial charge on any atom is 0.225 e. The molecule has 1 amide bonds. The van der Waals surface area contributed by atoms with Gasteiger partial charge in [-0.2, -0.15) is 0 Å². The molecule has 24 heavy (non-hydrogen) atoms. The number of rotatable bonds is 6. The van der Waals surface area contributed by atoms with Gasteiger partial charge in [0.05, 0.1) is 12.1 Å². The lowest BCUT2D eigenvalue weighted by atomic mass is 9.90. The van der Waals surface area contributed by atoms with E-state index in [4.69, 9.17) is 4.74 Å². The van der Waals surface area contributed by atoms with Crippen molar-refractivity contribution in [3.8, 4) is 0 Å². The van der Waals surface area contributed by atoms with Crippen molar-refractivity contribution in [2.45, 2.75) is 38.7 Å². The Labute approximate surface area is 144 Å². The first-order valence-electron chi connectivity index (χ1n) is 8.41. The normalized spacial score (nSPS) is 17.9. The van der Waals surface area contributed by atoms with Gasteiger partial charge in [-0.3, -0.25) is 9.79 Å². The van der Waals surface area contributed by atoms with Crippen LogP contribution in [0.1, 0.15) is 38.7 Å². The Bertz CT molecular complexity index is 598. The first kappa shape index (κ1) is 18.3. The van der Waals surface area contributed by atoms with Crippen LogP contribution in [0.4, 0.5) is 5.69 Å². The largest absolute Gasteiger partial charge is 0.377 e. The fourth-order valence-corrected chi connectivity index (χ4v) is 2.58. The van der Waals surface area contributed by atoms with E-state index in [-0.39, 0.29) is 17.4 Å². The predicted molar refractivity (Wildman–Crippen MR) is 97.5 cm³/mol. The molecule has 0 bridgehead atoms. The van der Waals surface area contributed by atoms with Crippen LogP contribution >= 0.6 is 0 Å². The predicted octanol–water partition coefficient (Wildman–Crippen LogP) is 2.09. The molecule has 0 aliphatic carbocycles. The molecule has 0 saturated heterocycles. The quantitative estimate of drug-likeness (QED) is 0.551. The second kappa shape index (κ2) is 8.15. The number of anilines is 1. The summed E-state index contributed by atoms with van der Waals surface area (Å²) >= 11 is 0. The second-order valence-electron chi connectivity index (χ2n) is 6.58. The maximum atomic E-state index is 11.9. The number of guanidine groups is 1. The van der Waals surface area contributed by atoms with Gasteiger partial charge < -0.3 is 20.7 Å². The topological polar surface area (TPSA) is 74.8 Å². The second-order valence-corrected chi connectivity index (χ2v) is 6.58. The van der Waals surface area contributed by atoms with E-state index in [2.05, 4.69) is 27.0 Å². The van der Waals surface area contributed by atoms with E-state index in [1.54, 1.807) is 7.11 Å². The molecule has 2 rings (SSSR count). The van der Waals surface area contributed by atoms with Gasteiger partial charge in [0.25, 0.3) is 0 Å². The van der Waals surface area contributed by atoms with Crippen LogP contribution in [0.2, 0.25) is 0 Å². The summed E-state index contributed by atoms with van der Waals surface area (Å²) < 4.78 is 5.41. The van der Waals surface area contributed by atoms with Crippen molar-refractivity contribution in [2.75, 3.05) is 32.1 Å². The minimum absolute atomic E-state index is 0.0583. The van der Waals surface area contributed by atoms with Crippen LogP contribution in [0.3, 0.4) is 0 Å². The number of methoxy groups -OCH3 is 1. The third-order valence-electron chi connectivity index (χ3n) is 4.14. The molecule has 0 fully saturated rings. The summed E-state index contributed by atoms with van der Waals surface area (Å²) in [7, 11) is 1.69. The fraction of sp³-hybridized carbons (Fsp3) is 0.556. The molecular formula is C18H28N4O2. The monoisotopic (exact) mass is 332 g/mol. The van der Waals surface area contributed by atoms with Gasteiger partial charge in [-0.05, 0) is 32.4 Å². The first-order chi connectivity index (χ1) is 11.4. The molecule has 1 aliphatic heterocycles. The molecule has 1 atom stereocenters. The summed E-state index contributed by atoms with van der Waals surface area (Å²) in [5, 5.41) is 9.51. The molecule has 0 saturated carbocycles. The van der Waals surface area contributed by atoms with Crippen LogP contribution in [0.15, 0.2) is 29.3 Å². The van der Waals surface area contributed by atoms with Crippen LogP contribution in [0.5, 0.6) is 0 Å². The highest BCUT2D eigenvalue weighted by Crippen LogP contribution is 2.31. The van der Waals surface area contributed by atoms with Crippen molar-refractivity contribution in [3.05, 3.63) is 29.8 Å². The molecule has 0 radical (unpaired) electrons. The average molecular weight is 332 g/mol. The van der Waals surface area contributed by atoms with Gasteiger partial charge in [-0.15, -0.1) is 0 Å². The fourth-order valence-electron chi connectivity index (χ4n) is 2.58. The van der Waals surface area contributed by atoms with Gasteiger partial charge in [0.2, 0.25) is 5.91 Å². The van der Waals surface area contributed by atoms with Gasteiger partial charge in [0.1, 0.15) is 0 Å². The summed E-state index contributed by atoms with van der Waals surface area (Å²) in [5.41, 5.74) is 1.76. The number of benzene rings is 1. The van der Waals surface area contributed by atoms with Crippen molar-refractivity contribution >= 4 is 17.6 Å². The molecule has 132 valence electrons. The Morgan fingerprint density at radius 2 is 2.12 bits per heavy atom. The Kier molecular flexibility index (Phi) is 6.20. The van der Waals surface area contributed by atoms with Crippen LogP contribution in [-0.4, -0.2) is 44.2 Å². The molecule has 1 unspecified atom stereocenters. The van der Waals surface area contributed by atoms with Crippen molar-refractivity contribution in [1.29, 1.82) is 0 Å². The highest BCUT2D eigenvalue weighted by molar-refractivity contribution is 5.94. The zero-order valence-corrected chi connectivity index (χ0v) is 15.0. The number of hydrogen-bond donors (Lipinski definition) is 3. The van der Waals surface area contributed by atoms with E-state index in [0.29, 0.717) is 19.5 Å². The molecule has 3 N–H and O–H groups in total. The van der Waals surface area contributed by atoms with Crippen molar-refractivity contribution in [1.82, 2.24) is 10.6 Å². The molecule has 1 heterocycles. The minimum atomic E-state index is -0.306. The van der Waals surface area contributed by atoms with Gasteiger partial charge >= 0.3 is 0 Å². The van der Waals surface area contributed by atoms with Crippen LogP contribution in [0.25, 0.3) is 0 Å². The maximum absolute atomic E-state index is 11.9. The number of aliphatic imine (C=N–C) groups is 1.